The van der Waals surface area contributed by atoms with E-state index in [2.05, 4.69) is 5.32 Å². The van der Waals surface area contributed by atoms with Gasteiger partial charge in [0.2, 0.25) is 0 Å². The molecule has 1 heterocycles. The van der Waals surface area contributed by atoms with Crippen LogP contribution in [0.5, 0.6) is 0 Å². The summed E-state index contributed by atoms with van der Waals surface area (Å²) in [5.41, 5.74) is -0.340. The van der Waals surface area contributed by atoms with E-state index in [1.807, 2.05) is 20.8 Å². The first-order valence-corrected chi connectivity index (χ1v) is 7.87. The lowest BCUT2D eigenvalue weighted by Gasteiger charge is -2.39. The first kappa shape index (κ1) is 20.0. The van der Waals surface area contributed by atoms with Crippen LogP contribution >= 0.6 is 0 Å². The SMILES string of the molecule is COC(C)(C)C[C@@H](C)NC(=O)N1CCN([C@@H](C)C(F)(F)F)CC1. The van der Waals surface area contributed by atoms with Gasteiger partial charge in [0.05, 0.1) is 5.60 Å². The zero-order valence-corrected chi connectivity index (χ0v) is 14.5. The first-order chi connectivity index (χ1) is 10.5. The zero-order chi connectivity index (χ0) is 17.8. The van der Waals surface area contributed by atoms with Gasteiger partial charge in [-0.15, -0.1) is 0 Å². The second-order valence-electron chi connectivity index (χ2n) is 6.76. The molecule has 1 fully saturated rings. The Kier molecular flexibility index (Phi) is 6.70. The summed E-state index contributed by atoms with van der Waals surface area (Å²) in [6.45, 7) is 7.97. The molecule has 5 nitrogen and oxygen atoms in total. The number of alkyl halides is 3. The summed E-state index contributed by atoms with van der Waals surface area (Å²) < 4.78 is 43.4. The lowest BCUT2D eigenvalue weighted by Crippen LogP contribution is -2.57. The minimum Gasteiger partial charge on any atom is -0.379 e. The molecule has 0 aromatic heterocycles. The van der Waals surface area contributed by atoms with E-state index in [1.165, 1.54) is 4.90 Å². The van der Waals surface area contributed by atoms with E-state index in [1.54, 1.807) is 12.0 Å². The Morgan fingerprint density at radius 1 is 1.17 bits per heavy atom. The van der Waals surface area contributed by atoms with Crippen LogP contribution in [0, 0.1) is 0 Å². The predicted octanol–water partition coefficient (Wildman–Crippen LogP) is 2.47. The van der Waals surface area contributed by atoms with Crippen LogP contribution in [0.25, 0.3) is 0 Å². The third kappa shape index (κ3) is 6.18. The molecule has 1 rings (SSSR count). The molecule has 2 atom stereocenters. The van der Waals surface area contributed by atoms with Crippen molar-refractivity contribution in [2.45, 2.75) is 58.0 Å². The van der Waals surface area contributed by atoms with Crippen molar-refractivity contribution in [1.82, 2.24) is 15.1 Å². The fourth-order valence-electron chi connectivity index (χ4n) is 2.69. The van der Waals surface area contributed by atoms with Crippen LogP contribution in [-0.4, -0.2) is 73.0 Å². The van der Waals surface area contributed by atoms with E-state index < -0.39 is 12.2 Å². The molecule has 0 aliphatic carbocycles. The lowest BCUT2D eigenvalue weighted by atomic mass is 10.00. The molecule has 0 aromatic carbocycles. The highest BCUT2D eigenvalue weighted by molar-refractivity contribution is 5.74. The second kappa shape index (κ2) is 7.70. The minimum absolute atomic E-state index is 0.0791. The number of carbonyl (C=O) groups is 1. The van der Waals surface area contributed by atoms with Crippen LogP contribution < -0.4 is 5.32 Å². The third-order valence-electron chi connectivity index (χ3n) is 4.34. The molecule has 0 radical (unpaired) electrons. The number of urea groups is 1. The summed E-state index contributed by atoms with van der Waals surface area (Å²) in [5, 5.41) is 2.88. The number of hydrogen-bond donors (Lipinski definition) is 1. The minimum atomic E-state index is -4.23. The average Bonchev–Trinajstić information content (AvgIpc) is 2.45. The summed E-state index contributed by atoms with van der Waals surface area (Å²) in [7, 11) is 1.62. The van der Waals surface area contributed by atoms with E-state index in [-0.39, 0.29) is 30.8 Å². The summed E-state index contributed by atoms with van der Waals surface area (Å²) in [5.74, 6) is 0. The number of carbonyl (C=O) groups excluding carboxylic acids is 1. The predicted molar refractivity (Wildman–Crippen MR) is 82.4 cm³/mol. The molecule has 0 aromatic rings. The summed E-state index contributed by atoms with van der Waals surface area (Å²) in [6, 6.07) is -1.79. The Balaban J connectivity index is 2.44. The maximum Gasteiger partial charge on any atom is 0.403 e. The van der Waals surface area contributed by atoms with Crippen molar-refractivity contribution < 1.29 is 22.7 Å². The average molecular weight is 339 g/mol. The molecule has 23 heavy (non-hydrogen) atoms. The highest BCUT2D eigenvalue weighted by Crippen LogP contribution is 2.25. The number of hydrogen-bond acceptors (Lipinski definition) is 3. The van der Waals surface area contributed by atoms with Gasteiger partial charge in [0, 0.05) is 39.3 Å². The van der Waals surface area contributed by atoms with Gasteiger partial charge in [-0.2, -0.15) is 13.2 Å². The largest absolute Gasteiger partial charge is 0.403 e. The Morgan fingerprint density at radius 3 is 2.13 bits per heavy atom. The van der Waals surface area contributed by atoms with E-state index in [0.29, 0.717) is 19.5 Å². The number of amides is 2. The Morgan fingerprint density at radius 2 is 1.70 bits per heavy atom. The topological polar surface area (TPSA) is 44.8 Å². The lowest BCUT2D eigenvalue weighted by molar-refractivity contribution is -0.181. The maximum absolute atomic E-state index is 12.7. The van der Waals surface area contributed by atoms with Gasteiger partial charge in [0.1, 0.15) is 6.04 Å². The van der Waals surface area contributed by atoms with E-state index >= 15 is 0 Å². The monoisotopic (exact) mass is 339 g/mol. The van der Waals surface area contributed by atoms with Crippen molar-refractivity contribution in [3.8, 4) is 0 Å². The van der Waals surface area contributed by atoms with Gasteiger partial charge in [-0.3, -0.25) is 4.90 Å². The molecule has 0 bridgehead atoms. The van der Waals surface area contributed by atoms with Gasteiger partial charge in [0.25, 0.3) is 0 Å². The number of piperazine rings is 1. The Bertz CT molecular complexity index is 394. The fourth-order valence-corrected chi connectivity index (χ4v) is 2.69. The molecule has 1 aliphatic heterocycles. The molecular weight excluding hydrogens is 311 g/mol. The van der Waals surface area contributed by atoms with Crippen LogP contribution in [0.4, 0.5) is 18.0 Å². The van der Waals surface area contributed by atoms with Crippen molar-refractivity contribution >= 4 is 6.03 Å². The smallest absolute Gasteiger partial charge is 0.379 e. The molecule has 2 amide bonds. The summed E-state index contributed by atoms with van der Waals surface area (Å²) in [6.07, 6.45) is -3.58. The van der Waals surface area contributed by atoms with Crippen LogP contribution in [0.2, 0.25) is 0 Å². The molecule has 8 heteroatoms. The molecular formula is C15H28F3N3O2. The van der Waals surface area contributed by atoms with Crippen molar-refractivity contribution in [1.29, 1.82) is 0 Å². The van der Waals surface area contributed by atoms with Crippen LogP contribution in [-0.2, 0) is 4.74 Å². The van der Waals surface area contributed by atoms with Gasteiger partial charge in [-0.25, -0.2) is 4.79 Å². The van der Waals surface area contributed by atoms with Gasteiger partial charge in [-0.1, -0.05) is 0 Å². The van der Waals surface area contributed by atoms with Crippen molar-refractivity contribution in [2.75, 3.05) is 33.3 Å². The number of halogens is 3. The highest BCUT2D eigenvalue weighted by Gasteiger charge is 2.41. The zero-order valence-electron chi connectivity index (χ0n) is 14.5. The standard InChI is InChI=1S/C15H28F3N3O2/c1-11(10-14(3,4)23-5)19-13(22)21-8-6-20(7-9-21)12(2)15(16,17)18/h11-12H,6-10H2,1-5H3,(H,19,22)/t11-,12+/m1/s1. The number of rotatable bonds is 5. The van der Waals surface area contributed by atoms with Crippen LogP contribution in [0.1, 0.15) is 34.1 Å². The van der Waals surface area contributed by atoms with Gasteiger partial charge in [-0.05, 0) is 34.1 Å². The Labute approximate surface area is 136 Å². The van der Waals surface area contributed by atoms with E-state index in [4.69, 9.17) is 4.74 Å². The molecule has 1 saturated heterocycles. The van der Waals surface area contributed by atoms with E-state index in [9.17, 15) is 18.0 Å². The quantitative estimate of drug-likeness (QED) is 0.837. The second-order valence-corrected chi connectivity index (χ2v) is 6.76. The van der Waals surface area contributed by atoms with Crippen LogP contribution in [0.15, 0.2) is 0 Å². The number of methoxy groups -OCH3 is 1. The molecule has 0 spiro atoms. The summed E-state index contributed by atoms with van der Waals surface area (Å²) >= 11 is 0. The highest BCUT2D eigenvalue weighted by atomic mass is 19.4. The maximum atomic E-state index is 12.7. The normalized spacial score (nSPS) is 20.3. The van der Waals surface area contributed by atoms with Gasteiger partial charge in [0.15, 0.2) is 0 Å². The van der Waals surface area contributed by atoms with Crippen LogP contribution in [0.3, 0.4) is 0 Å². The molecule has 136 valence electrons. The first-order valence-electron chi connectivity index (χ1n) is 7.87. The van der Waals surface area contributed by atoms with Crippen molar-refractivity contribution in [2.24, 2.45) is 0 Å². The molecule has 1 aliphatic rings. The fraction of sp³-hybridized carbons (Fsp3) is 0.933. The number of ether oxygens (including phenoxy) is 1. The van der Waals surface area contributed by atoms with Crippen molar-refractivity contribution in [3.05, 3.63) is 0 Å². The van der Waals surface area contributed by atoms with Gasteiger partial charge >= 0.3 is 12.2 Å². The summed E-state index contributed by atoms with van der Waals surface area (Å²) in [4.78, 5) is 15.1. The molecule has 0 unspecified atom stereocenters. The van der Waals surface area contributed by atoms with Crippen molar-refractivity contribution in [3.63, 3.8) is 0 Å². The van der Waals surface area contributed by atoms with E-state index in [0.717, 1.165) is 6.92 Å². The molecule has 1 N–H and O–H groups in total. The number of nitrogens with one attached hydrogen (secondary N) is 1. The third-order valence-corrected chi connectivity index (χ3v) is 4.34. The Hall–Kier alpha value is -1.02. The molecule has 0 saturated carbocycles. The number of nitrogens with zero attached hydrogens (tertiary/aromatic N) is 2. The van der Waals surface area contributed by atoms with Gasteiger partial charge < -0.3 is 15.0 Å².